The Hall–Kier alpha value is -3.06. The molecular formula is C20H19ClN4O3. The zero-order chi connectivity index (χ0) is 19.8. The highest BCUT2D eigenvalue weighted by atomic mass is 35.5. The number of carbonyl (C=O) groups is 1. The molecule has 2 aromatic carbocycles. The zero-order valence-electron chi connectivity index (χ0n) is 15.7. The normalized spacial score (nSPS) is 15.7. The van der Waals surface area contributed by atoms with Crippen molar-refractivity contribution in [2.24, 2.45) is 0 Å². The van der Waals surface area contributed by atoms with E-state index in [-0.39, 0.29) is 17.7 Å². The van der Waals surface area contributed by atoms with Crippen LogP contribution in [0.1, 0.15) is 23.1 Å². The number of methoxy groups -OCH3 is 1. The summed E-state index contributed by atoms with van der Waals surface area (Å²) in [6, 6.07) is 12.6. The van der Waals surface area contributed by atoms with E-state index in [1.807, 2.05) is 26.0 Å². The number of halogens is 1. The van der Waals surface area contributed by atoms with Crippen LogP contribution in [0.25, 0.3) is 5.69 Å². The first kappa shape index (κ1) is 18.3. The van der Waals surface area contributed by atoms with Crippen molar-refractivity contribution < 1.29 is 14.3 Å². The van der Waals surface area contributed by atoms with Crippen LogP contribution in [-0.4, -0.2) is 40.7 Å². The van der Waals surface area contributed by atoms with Crippen molar-refractivity contribution in [2.45, 2.75) is 20.0 Å². The molecule has 144 valence electrons. The number of rotatable bonds is 3. The van der Waals surface area contributed by atoms with Gasteiger partial charge in [0.2, 0.25) is 0 Å². The van der Waals surface area contributed by atoms with Crippen molar-refractivity contribution in [1.82, 2.24) is 15.0 Å². The molecule has 0 unspecified atom stereocenters. The summed E-state index contributed by atoms with van der Waals surface area (Å²) in [6.07, 6.45) is -0.145. The van der Waals surface area contributed by atoms with Crippen molar-refractivity contribution in [3.63, 3.8) is 0 Å². The molecule has 1 aromatic heterocycles. The van der Waals surface area contributed by atoms with E-state index in [0.717, 1.165) is 5.69 Å². The summed E-state index contributed by atoms with van der Waals surface area (Å²) in [4.78, 5) is 15.0. The molecule has 1 atom stereocenters. The number of benzene rings is 2. The fourth-order valence-corrected chi connectivity index (χ4v) is 3.43. The van der Waals surface area contributed by atoms with Gasteiger partial charge in [-0.15, -0.1) is 5.10 Å². The molecule has 0 radical (unpaired) electrons. The lowest BCUT2D eigenvalue weighted by molar-refractivity contribution is 0.0955. The molecule has 8 heteroatoms. The molecule has 1 aliphatic heterocycles. The fraction of sp³-hybridized carbons (Fsp3) is 0.250. The van der Waals surface area contributed by atoms with Gasteiger partial charge in [0.1, 0.15) is 17.6 Å². The minimum Gasteiger partial charge on any atom is -0.497 e. The second-order valence-electron chi connectivity index (χ2n) is 6.59. The predicted octanol–water partition coefficient (Wildman–Crippen LogP) is 3.67. The van der Waals surface area contributed by atoms with Gasteiger partial charge in [0.05, 0.1) is 30.7 Å². The van der Waals surface area contributed by atoms with Crippen LogP contribution in [0.15, 0.2) is 42.5 Å². The monoisotopic (exact) mass is 398 g/mol. The summed E-state index contributed by atoms with van der Waals surface area (Å²) >= 11 is 6.08. The van der Waals surface area contributed by atoms with Gasteiger partial charge in [-0.05, 0) is 44.2 Å². The van der Waals surface area contributed by atoms with E-state index in [1.54, 1.807) is 47.0 Å². The summed E-state index contributed by atoms with van der Waals surface area (Å²) in [5.41, 5.74) is 2.31. The van der Waals surface area contributed by atoms with E-state index < -0.39 is 0 Å². The maximum Gasteiger partial charge on any atom is 0.280 e. The summed E-state index contributed by atoms with van der Waals surface area (Å²) in [5.74, 6) is 1.04. The van der Waals surface area contributed by atoms with Crippen molar-refractivity contribution >= 4 is 23.2 Å². The number of anilines is 1. The highest BCUT2D eigenvalue weighted by Gasteiger charge is 2.31. The Labute approximate surface area is 167 Å². The number of carbonyl (C=O) groups excluding carboxylic acids is 1. The van der Waals surface area contributed by atoms with Gasteiger partial charge in [0, 0.05) is 11.1 Å². The summed E-state index contributed by atoms with van der Waals surface area (Å²) < 4.78 is 12.8. The molecular weight excluding hydrogens is 380 g/mol. The van der Waals surface area contributed by atoms with Crippen LogP contribution in [0.2, 0.25) is 5.02 Å². The molecule has 28 heavy (non-hydrogen) atoms. The summed E-state index contributed by atoms with van der Waals surface area (Å²) in [7, 11) is 1.58. The molecule has 1 aliphatic rings. The van der Waals surface area contributed by atoms with E-state index in [1.165, 1.54) is 0 Å². The van der Waals surface area contributed by atoms with Crippen LogP contribution >= 0.6 is 11.6 Å². The molecule has 7 nitrogen and oxygen atoms in total. The van der Waals surface area contributed by atoms with Gasteiger partial charge in [0.25, 0.3) is 5.91 Å². The zero-order valence-corrected chi connectivity index (χ0v) is 16.5. The molecule has 0 aliphatic carbocycles. The van der Waals surface area contributed by atoms with Crippen LogP contribution in [0, 0.1) is 6.92 Å². The summed E-state index contributed by atoms with van der Waals surface area (Å²) in [6.45, 7) is 4.14. The third kappa shape index (κ3) is 3.18. The standard InChI is InChI=1S/C20H19ClN4O3/c1-12-11-24(17-10-16(27-3)7-8-18(17)28-12)20(26)19-13(2)25(23-22-19)15-6-4-5-14(21)9-15/h4-10,12H,11H2,1-3H3/t12-/m0/s1. The molecule has 0 saturated carbocycles. The number of nitrogens with zero attached hydrogens (tertiary/aromatic N) is 4. The van der Waals surface area contributed by atoms with Gasteiger partial charge >= 0.3 is 0 Å². The van der Waals surface area contributed by atoms with Crippen molar-refractivity contribution in [3.8, 4) is 17.2 Å². The minimum absolute atomic E-state index is 0.145. The lowest BCUT2D eigenvalue weighted by atomic mass is 10.1. The first-order chi connectivity index (χ1) is 13.5. The summed E-state index contributed by atoms with van der Waals surface area (Å²) in [5, 5.41) is 8.89. The van der Waals surface area contributed by atoms with Crippen LogP contribution < -0.4 is 14.4 Å². The van der Waals surface area contributed by atoms with E-state index >= 15 is 0 Å². The largest absolute Gasteiger partial charge is 0.497 e. The number of aromatic nitrogens is 3. The number of ether oxygens (including phenoxy) is 2. The highest BCUT2D eigenvalue weighted by Crippen LogP contribution is 2.37. The van der Waals surface area contributed by atoms with E-state index in [9.17, 15) is 4.79 Å². The average molecular weight is 399 g/mol. The van der Waals surface area contributed by atoms with Crippen molar-refractivity contribution in [3.05, 3.63) is 58.9 Å². The lowest BCUT2D eigenvalue weighted by Crippen LogP contribution is -2.42. The molecule has 4 rings (SSSR count). The second kappa shape index (κ2) is 7.16. The molecule has 0 N–H and O–H groups in total. The topological polar surface area (TPSA) is 69.5 Å². The maximum absolute atomic E-state index is 13.3. The molecule has 1 amide bonds. The van der Waals surface area contributed by atoms with Crippen molar-refractivity contribution in [1.29, 1.82) is 0 Å². The second-order valence-corrected chi connectivity index (χ2v) is 7.03. The van der Waals surface area contributed by atoms with Crippen LogP contribution in [0.4, 0.5) is 5.69 Å². The quantitative estimate of drug-likeness (QED) is 0.673. The molecule has 2 heterocycles. The van der Waals surface area contributed by atoms with E-state index in [0.29, 0.717) is 34.4 Å². The van der Waals surface area contributed by atoms with Gasteiger partial charge in [-0.1, -0.05) is 22.9 Å². The van der Waals surface area contributed by atoms with Crippen LogP contribution in [0.3, 0.4) is 0 Å². The predicted molar refractivity (Wildman–Crippen MR) is 106 cm³/mol. The van der Waals surface area contributed by atoms with Crippen LogP contribution in [0.5, 0.6) is 11.5 Å². The number of amides is 1. The van der Waals surface area contributed by atoms with Gasteiger partial charge in [-0.25, -0.2) is 4.68 Å². The Kier molecular flexibility index (Phi) is 4.68. The first-order valence-corrected chi connectivity index (χ1v) is 9.20. The van der Waals surface area contributed by atoms with E-state index in [4.69, 9.17) is 21.1 Å². The Morgan fingerprint density at radius 1 is 1.29 bits per heavy atom. The third-order valence-corrected chi connectivity index (χ3v) is 4.85. The molecule has 0 saturated heterocycles. The van der Waals surface area contributed by atoms with Gasteiger partial charge in [-0.2, -0.15) is 0 Å². The Balaban J connectivity index is 1.73. The molecule has 0 bridgehead atoms. The first-order valence-electron chi connectivity index (χ1n) is 8.82. The smallest absolute Gasteiger partial charge is 0.280 e. The molecule has 0 spiro atoms. The van der Waals surface area contributed by atoms with Crippen LogP contribution in [-0.2, 0) is 0 Å². The third-order valence-electron chi connectivity index (χ3n) is 4.62. The highest BCUT2D eigenvalue weighted by molar-refractivity contribution is 6.30. The number of hydrogen-bond donors (Lipinski definition) is 0. The average Bonchev–Trinajstić information content (AvgIpc) is 3.07. The molecule has 3 aromatic rings. The Morgan fingerprint density at radius 3 is 2.86 bits per heavy atom. The number of fused-ring (bicyclic) bond motifs is 1. The molecule has 0 fully saturated rings. The number of hydrogen-bond acceptors (Lipinski definition) is 5. The Bertz CT molecular complexity index is 1050. The minimum atomic E-state index is -0.240. The van der Waals surface area contributed by atoms with Crippen molar-refractivity contribution in [2.75, 3.05) is 18.6 Å². The van der Waals surface area contributed by atoms with Gasteiger partial charge in [0.15, 0.2) is 5.69 Å². The van der Waals surface area contributed by atoms with E-state index in [2.05, 4.69) is 10.3 Å². The fourth-order valence-electron chi connectivity index (χ4n) is 3.24. The van der Waals surface area contributed by atoms with Gasteiger partial charge < -0.3 is 9.47 Å². The Morgan fingerprint density at radius 2 is 2.11 bits per heavy atom. The maximum atomic E-state index is 13.3. The lowest BCUT2D eigenvalue weighted by Gasteiger charge is -2.33. The van der Waals surface area contributed by atoms with Gasteiger partial charge in [-0.3, -0.25) is 9.69 Å². The SMILES string of the molecule is COc1ccc2c(c1)N(C(=O)c1nnn(-c3cccc(Cl)c3)c1C)C[C@H](C)O2.